The molecule has 0 aromatic heterocycles. The SMILES string of the molecule is CC.Cc1ccc(C)c2c1CNC2. The first kappa shape index (κ1) is 10.3. The summed E-state index contributed by atoms with van der Waals surface area (Å²) in [5.74, 6) is 0. The number of nitrogens with one attached hydrogen (secondary N) is 1. The molecule has 1 aromatic rings. The van der Waals surface area contributed by atoms with Crippen molar-refractivity contribution in [1.82, 2.24) is 5.32 Å². The smallest absolute Gasteiger partial charge is 0.0214 e. The molecule has 0 saturated carbocycles. The van der Waals surface area contributed by atoms with Crippen molar-refractivity contribution >= 4 is 0 Å². The molecule has 1 heteroatoms. The second kappa shape index (κ2) is 4.43. The van der Waals surface area contributed by atoms with E-state index in [-0.39, 0.29) is 0 Å². The van der Waals surface area contributed by atoms with Crippen molar-refractivity contribution < 1.29 is 0 Å². The Labute approximate surface area is 81.2 Å². The highest BCUT2D eigenvalue weighted by atomic mass is 14.9. The van der Waals surface area contributed by atoms with Gasteiger partial charge in [0.15, 0.2) is 0 Å². The number of rotatable bonds is 0. The molecule has 2 rings (SSSR count). The van der Waals surface area contributed by atoms with Crippen LogP contribution in [0.5, 0.6) is 0 Å². The van der Waals surface area contributed by atoms with Gasteiger partial charge in [-0.05, 0) is 36.1 Å². The molecule has 1 N–H and O–H groups in total. The normalized spacial score (nSPS) is 13.2. The Kier molecular flexibility index (Phi) is 3.49. The average molecular weight is 177 g/mol. The van der Waals surface area contributed by atoms with Gasteiger partial charge >= 0.3 is 0 Å². The van der Waals surface area contributed by atoms with Crippen molar-refractivity contribution in [3.8, 4) is 0 Å². The van der Waals surface area contributed by atoms with E-state index in [0.717, 1.165) is 13.1 Å². The lowest BCUT2D eigenvalue weighted by Crippen LogP contribution is -2.00. The van der Waals surface area contributed by atoms with Crippen LogP contribution in [0.2, 0.25) is 0 Å². The molecule has 0 spiro atoms. The van der Waals surface area contributed by atoms with Crippen molar-refractivity contribution in [2.45, 2.75) is 40.8 Å². The van der Waals surface area contributed by atoms with Gasteiger partial charge in [0.05, 0.1) is 0 Å². The monoisotopic (exact) mass is 177 g/mol. The Morgan fingerprint density at radius 1 is 0.923 bits per heavy atom. The molecule has 72 valence electrons. The first-order valence-electron chi connectivity index (χ1n) is 5.07. The van der Waals surface area contributed by atoms with Gasteiger partial charge in [-0.2, -0.15) is 0 Å². The van der Waals surface area contributed by atoms with E-state index in [1.54, 1.807) is 0 Å². The summed E-state index contributed by atoms with van der Waals surface area (Å²) in [5, 5.41) is 3.37. The van der Waals surface area contributed by atoms with Gasteiger partial charge in [-0.1, -0.05) is 26.0 Å². The molecular formula is C12H19N. The van der Waals surface area contributed by atoms with E-state index in [9.17, 15) is 0 Å². The molecule has 0 bridgehead atoms. The summed E-state index contributed by atoms with van der Waals surface area (Å²) in [6, 6.07) is 4.42. The zero-order chi connectivity index (χ0) is 9.84. The second-order valence-electron chi connectivity index (χ2n) is 3.26. The Morgan fingerprint density at radius 2 is 1.31 bits per heavy atom. The molecule has 1 heterocycles. The van der Waals surface area contributed by atoms with Crippen LogP contribution in [0.4, 0.5) is 0 Å². The molecule has 1 aliphatic rings. The van der Waals surface area contributed by atoms with Gasteiger partial charge in [0, 0.05) is 13.1 Å². The van der Waals surface area contributed by atoms with Gasteiger partial charge < -0.3 is 5.32 Å². The van der Waals surface area contributed by atoms with Crippen LogP contribution >= 0.6 is 0 Å². The molecular weight excluding hydrogens is 158 g/mol. The van der Waals surface area contributed by atoms with Gasteiger partial charge in [0.1, 0.15) is 0 Å². The van der Waals surface area contributed by atoms with Crippen molar-refractivity contribution in [1.29, 1.82) is 0 Å². The number of benzene rings is 1. The van der Waals surface area contributed by atoms with Gasteiger partial charge in [0.25, 0.3) is 0 Å². The Bertz CT molecular complexity index is 260. The van der Waals surface area contributed by atoms with E-state index >= 15 is 0 Å². The van der Waals surface area contributed by atoms with Gasteiger partial charge in [-0.15, -0.1) is 0 Å². The van der Waals surface area contributed by atoms with Crippen molar-refractivity contribution in [3.05, 3.63) is 34.4 Å². The lowest BCUT2D eigenvalue weighted by atomic mass is 10.0. The largest absolute Gasteiger partial charge is 0.309 e. The molecule has 13 heavy (non-hydrogen) atoms. The fraction of sp³-hybridized carbons (Fsp3) is 0.500. The van der Waals surface area contributed by atoms with E-state index in [1.165, 1.54) is 22.3 Å². The van der Waals surface area contributed by atoms with E-state index in [4.69, 9.17) is 0 Å². The molecule has 0 amide bonds. The Hall–Kier alpha value is -0.820. The van der Waals surface area contributed by atoms with E-state index in [1.807, 2.05) is 13.8 Å². The van der Waals surface area contributed by atoms with Crippen LogP contribution in [0.3, 0.4) is 0 Å². The summed E-state index contributed by atoms with van der Waals surface area (Å²) >= 11 is 0. The highest BCUT2D eigenvalue weighted by Gasteiger charge is 2.13. The summed E-state index contributed by atoms with van der Waals surface area (Å²) in [4.78, 5) is 0. The Balaban J connectivity index is 0.000000396. The van der Waals surface area contributed by atoms with Gasteiger partial charge in [0.2, 0.25) is 0 Å². The van der Waals surface area contributed by atoms with Crippen molar-refractivity contribution in [2.24, 2.45) is 0 Å². The summed E-state index contributed by atoms with van der Waals surface area (Å²) < 4.78 is 0. The number of aryl methyl sites for hydroxylation is 2. The molecule has 0 atom stereocenters. The van der Waals surface area contributed by atoms with Gasteiger partial charge in [-0.3, -0.25) is 0 Å². The fourth-order valence-corrected chi connectivity index (χ4v) is 1.73. The number of hydrogen-bond acceptors (Lipinski definition) is 1. The molecule has 1 nitrogen and oxygen atoms in total. The zero-order valence-electron chi connectivity index (χ0n) is 9.07. The van der Waals surface area contributed by atoms with Crippen molar-refractivity contribution in [3.63, 3.8) is 0 Å². The zero-order valence-corrected chi connectivity index (χ0v) is 9.07. The van der Waals surface area contributed by atoms with Gasteiger partial charge in [-0.25, -0.2) is 0 Å². The third-order valence-electron chi connectivity index (χ3n) is 2.50. The minimum Gasteiger partial charge on any atom is -0.309 e. The van der Waals surface area contributed by atoms with Crippen LogP contribution in [0, 0.1) is 13.8 Å². The Morgan fingerprint density at radius 3 is 1.69 bits per heavy atom. The first-order valence-corrected chi connectivity index (χ1v) is 5.07. The predicted octanol–water partition coefficient (Wildman–Crippen LogP) is 2.93. The quantitative estimate of drug-likeness (QED) is 0.642. The summed E-state index contributed by atoms with van der Waals surface area (Å²) in [6.07, 6.45) is 0. The maximum Gasteiger partial charge on any atom is 0.0214 e. The fourth-order valence-electron chi connectivity index (χ4n) is 1.73. The van der Waals surface area contributed by atoms with Crippen LogP contribution < -0.4 is 5.32 Å². The summed E-state index contributed by atoms with van der Waals surface area (Å²) in [6.45, 7) is 10.5. The minimum atomic E-state index is 1.06. The first-order chi connectivity index (χ1) is 6.29. The summed E-state index contributed by atoms with van der Waals surface area (Å²) in [5.41, 5.74) is 5.89. The minimum absolute atomic E-state index is 1.06. The molecule has 0 saturated heterocycles. The third kappa shape index (κ3) is 1.92. The molecule has 1 aromatic carbocycles. The molecule has 0 fully saturated rings. The number of hydrogen-bond donors (Lipinski definition) is 1. The molecule has 0 radical (unpaired) electrons. The lowest BCUT2D eigenvalue weighted by Gasteiger charge is -2.04. The van der Waals surface area contributed by atoms with Crippen LogP contribution in [-0.2, 0) is 13.1 Å². The highest BCUT2D eigenvalue weighted by Crippen LogP contribution is 2.22. The van der Waals surface area contributed by atoms with Crippen LogP contribution in [0.1, 0.15) is 36.1 Å². The van der Waals surface area contributed by atoms with E-state index < -0.39 is 0 Å². The maximum absolute atomic E-state index is 3.37. The number of fused-ring (bicyclic) bond motifs is 1. The van der Waals surface area contributed by atoms with Crippen LogP contribution in [0.15, 0.2) is 12.1 Å². The molecule has 0 unspecified atom stereocenters. The third-order valence-corrected chi connectivity index (χ3v) is 2.50. The maximum atomic E-state index is 3.37. The topological polar surface area (TPSA) is 12.0 Å². The van der Waals surface area contributed by atoms with E-state index in [2.05, 4.69) is 31.3 Å². The average Bonchev–Trinajstić information content (AvgIpc) is 2.64. The second-order valence-corrected chi connectivity index (χ2v) is 3.26. The predicted molar refractivity (Wildman–Crippen MR) is 57.8 cm³/mol. The van der Waals surface area contributed by atoms with Crippen LogP contribution in [-0.4, -0.2) is 0 Å². The standard InChI is InChI=1S/C10H13N.C2H6/c1-7-3-4-8(2)10-6-11-5-9(7)10;1-2/h3-4,11H,5-6H2,1-2H3;1-2H3. The van der Waals surface area contributed by atoms with Crippen molar-refractivity contribution in [2.75, 3.05) is 0 Å². The summed E-state index contributed by atoms with van der Waals surface area (Å²) in [7, 11) is 0. The van der Waals surface area contributed by atoms with E-state index in [0.29, 0.717) is 0 Å². The highest BCUT2D eigenvalue weighted by molar-refractivity contribution is 5.42. The van der Waals surface area contributed by atoms with Crippen LogP contribution in [0.25, 0.3) is 0 Å². The lowest BCUT2D eigenvalue weighted by molar-refractivity contribution is 0.762. The molecule has 1 aliphatic heterocycles. The molecule has 0 aliphatic carbocycles.